The number of likely N-dealkylation sites (N-methyl/N-ethyl adjacent to an activating group) is 1. The smallest absolute Gasteiger partial charge is 0.317 e. The number of aromatic nitrogens is 1. The molecule has 1 aromatic heterocycles. The first-order valence-corrected chi connectivity index (χ1v) is 22.1. The van der Waals surface area contributed by atoms with E-state index in [2.05, 4.69) is 26.3 Å². The van der Waals surface area contributed by atoms with Gasteiger partial charge < -0.3 is 46.2 Å². The van der Waals surface area contributed by atoms with Gasteiger partial charge in [0.05, 0.1) is 56.5 Å². The average molecular weight is 955 g/mol. The van der Waals surface area contributed by atoms with Crippen molar-refractivity contribution in [2.45, 2.75) is 62.4 Å². The highest BCUT2D eigenvalue weighted by Crippen LogP contribution is 2.32. The number of alkyl halides is 2. The summed E-state index contributed by atoms with van der Waals surface area (Å²) in [5, 5.41) is 49.2. The Morgan fingerprint density at radius 3 is 2.16 bits per heavy atom. The molecule has 3 amide bonds. The van der Waals surface area contributed by atoms with E-state index in [1.165, 1.54) is 12.3 Å². The van der Waals surface area contributed by atoms with E-state index in [1.807, 2.05) is 0 Å². The fraction of sp³-hybridized carbons (Fsp3) is 0.545. The zero-order valence-electron chi connectivity index (χ0n) is 37.6. The molecule has 0 bridgehead atoms. The molecule has 5 rings (SSSR count). The third kappa shape index (κ3) is 14.3. The number of carboxylic acids is 3. The van der Waals surface area contributed by atoms with E-state index in [0.717, 1.165) is 4.90 Å². The molecule has 0 unspecified atom stereocenters. The van der Waals surface area contributed by atoms with Crippen LogP contribution in [-0.4, -0.2) is 185 Å². The molecular weight excluding hydrogens is 899 g/mol. The number of hydrogen-bond donors (Lipinski definition) is 7. The predicted octanol–water partition coefficient (Wildman–Crippen LogP) is 0.222. The van der Waals surface area contributed by atoms with Crippen LogP contribution in [0.5, 0.6) is 5.75 Å². The van der Waals surface area contributed by atoms with Gasteiger partial charge >= 0.3 is 17.9 Å². The number of anilines is 2. The van der Waals surface area contributed by atoms with Crippen LogP contribution in [0.4, 0.5) is 20.2 Å². The van der Waals surface area contributed by atoms with Gasteiger partial charge in [-0.2, -0.15) is 5.26 Å². The van der Waals surface area contributed by atoms with E-state index in [1.54, 1.807) is 46.0 Å². The summed E-state index contributed by atoms with van der Waals surface area (Å²) in [6.45, 7) is -0.640. The number of likely N-dealkylation sites (tertiary alicyclic amines) is 1. The van der Waals surface area contributed by atoms with E-state index in [0.29, 0.717) is 55.3 Å². The number of amides is 3. The molecule has 22 nitrogen and oxygen atoms in total. The fourth-order valence-corrected chi connectivity index (χ4v) is 8.47. The van der Waals surface area contributed by atoms with Crippen LogP contribution in [0.1, 0.15) is 55.3 Å². The monoisotopic (exact) mass is 954 g/mol. The molecule has 2 aromatic carbocycles. The number of carboxylic acid groups (broad SMARTS) is 3. The number of unbranched alkanes of at least 4 members (excludes halogenated alkanes) is 2. The summed E-state index contributed by atoms with van der Waals surface area (Å²) in [5.41, 5.74) is -1.42. The zero-order chi connectivity index (χ0) is 49.6. The lowest BCUT2D eigenvalue weighted by Crippen LogP contribution is -2.59. The van der Waals surface area contributed by atoms with Crippen LogP contribution in [0.15, 0.2) is 40.1 Å². The van der Waals surface area contributed by atoms with Gasteiger partial charge in [0.15, 0.2) is 0 Å². The summed E-state index contributed by atoms with van der Waals surface area (Å²) in [4.78, 5) is 108. The van der Waals surface area contributed by atoms with E-state index < -0.39 is 77.6 Å². The molecule has 2 aliphatic rings. The maximum absolute atomic E-state index is 13.8. The summed E-state index contributed by atoms with van der Waals surface area (Å²) in [7, 11) is 1.61. The Hall–Kier alpha value is -6.84. The summed E-state index contributed by atoms with van der Waals surface area (Å²) in [6, 6.07) is 6.76. The zero-order valence-corrected chi connectivity index (χ0v) is 37.6. The number of pyridine rings is 1. The Labute approximate surface area is 388 Å². The Morgan fingerprint density at radius 2 is 1.53 bits per heavy atom. The first-order chi connectivity index (χ1) is 32.3. The minimum Gasteiger partial charge on any atom is -0.494 e. The molecule has 2 fully saturated rings. The second-order valence-electron chi connectivity index (χ2n) is 17.0. The van der Waals surface area contributed by atoms with Crippen LogP contribution in [0.3, 0.4) is 0 Å². The maximum atomic E-state index is 13.8. The number of nitriles is 1. The van der Waals surface area contributed by atoms with E-state index >= 15 is 0 Å². The Balaban J connectivity index is 1.02. The number of rotatable bonds is 26. The molecule has 68 heavy (non-hydrogen) atoms. The van der Waals surface area contributed by atoms with Crippen molar-refractivity contribution in [3.8, 4) is 11.8 Å². The third-order valence-electron chi connectivity index (χ3n) is 11.9. The van der Waals surface area contributed by atoms with Gasteiger partial charge in [-0.3, -0.25) is 58.0 Å². The van der Waals surface area contributed by atoms with Crippen LogP contribution in [0.2, 0.25) is 0 Å². The lowest BCUT2D eigenvalue weighted by molar-refractivity contribution is -0.142. The lowest BCUT2D eigenvalue weighted by atomic mass is 9.88. The van der Waals surface area contributed by atoms with E-state index in [4.69, 9.17) is 4.74 Å². The summed E-state index contributed by atoms with van der Waals surface area (Å²) in [6.07, 6.45) is 3.06. The van der Waals surface area contributed by atoms with Crippen molar-refractivity contribution in [3.05, 3.63) is 56.5 Å². The second kappa shape index (κ2) is 23.7. The van der Waals surface area contributed by atoms with Crippen molar-refractivity contribution in [2.75, 3.05) is 103 Å². The highest BCUT2D eigenvalue weighted by Gasteiger charge is 2.47. The number of hydrogen-bond acceptors (Lipinski definition) is 16. The molecule has 0 radical (unpaired) electrons. The Bertz CT molecular complexity index is 2420. The van der Waals surface area contributed by atoms with Crippen LogP contribution in [-0.2, 0) is 24.0 Å². The van der Waals surface area contributed by atoms with Gasteiger partial charge in [0.1, 0.15) is 23.2 Å². The number of fused-ring (bicyclic) bond motifs is 1. The minimum absolute atomic E-state index is 0.103. The fourth-order valence-electron chi connectivity index (χ4n) is 8.47. The van der Waals surface area contributed by atoms with Crippen LogP contribution in [0, 0.1) is 11.3 Å². The van der Waals surface area contributed by atoms with Gasteiger partial charge in [0.25, 0.3) is 22.7 Å². The summed E-state index contributed by atoms with van der Waals surface area (Å²) in [5.74, 6) is -7.74. The number of aliphatic carboxylic acids is 3. The predicted molar refractivity (Wildman–Crippen MR) is 240 cm³/mol. The highest BCUT2D eigenvalue weighted by atomic mass is 19.3. The van der Waals surface area contributed by atoms with Crippen molar-refractivity contribution >= 4 is 57.9 Å². The average Bonchev–Trinajstić information content (AvgIpc) is 3.51. The number of halogens is 2. The van der Waals surface area contributed by atoms with E-state index in [-0.39, 0.29) is 94.8 Å². The number of carbonyl (C=O) groups excluding carboxylic acids is 3. The van der Waals surface area contributed by atoms with E-state index in [9.17, 15) is 67.7 Å². The molecule has 24 heteroatoms. The summed E-state index contributed by atoms with van der Waals surface area (Å²) >= 11 is 0. The normalized spacial score (nSPS) is 17.0. The SMILES string of the molecule is CN(CC(=O)O)C1(CCCCC(=O)NCCNc2c(NCCCCOc3ccc4nccc(C(=O)NCC(=O)N5CC(F)(F)C[C@@H]5C#N)c4c3)c(=O)c2=O)CN(CC(=O)O)CCN(CC(=O)O)C1. The van der Waals surface area contributed by atoms with Crippen molar-refractivity contribution in [1.82, 2.24) is 35.2 Å². The minimum atomic E-state index is -3.19. The van der Waals surface area contributed by atoms with Crippen molar-refractivity contribution in [1.29, 1.82) is 5.26 Å². The molecule has 0 saturated carbocycles. The van der Waals surface area contributed by atoms with Gasteiger partial charge in [-0.1, -0.05) is 6.42 Å². The Kier molecular flexibility index (Phi) is 18.2. The molecule has 2 saturated heterocycles. The standard InChI is InChI=1S/C44H56F2N10O12/c1-53(22-35(59)60)43(25-54(23-36(61)62)15-16-55(26-43)24-37(63)64)10-3-2-6-33(57)49-13-14-51-39-38(40(65)41(39)66)50-11-4-5-17-68-29-7-8-32-31(18-29)30(9-12-48-32)42(67)52-21-34(58)56-27-44(45,46)19-28(56)20-47/h7-9,12,18,28,50-51H,2-6,10-11,13-17,19,21-27H2,1H3,(H,49,57)(H,52,67)(H,59,60)(H,61,62)(H,63,64)/t28-/m1/s1. The largest absolute Gasteiger partial charge is 0.494 e. The number of carbonyl (C=O) groups is 6. The lowest BCUT2D eigenvalue weighted by Gasteiger charge is -2.44. The molecule has 3 heterocycles. The topological polar surface area (TPSA) is 304 Å². The molecule has 0 aliphatic carbocycles. The molecular formula is C44H56F2N10O12. The second-order valence-corrected chi connectivity index (χ2v) is 17.0. The van der Waals surface area contributed by atoms with Gasteiger partial charge in [-0.25, -0.2) is 8.78 Å². The van der Waals surface area contributed by atoms with Gasteiger partial charge in [-0.15, -0.1) is 0 Å². The van der Waals surface area contributed by atoms with Crippen molar-refractivity contribution < 1.29 is 57.6 Å². The number of ether oxygens (including phenoxy) is 1. The number of benzene rings is 1. The van der Waals surface area contributed by atoms with Gasteiger partial charge in [0, 0.05) is 75.8 Å². The molecule has 368 valence electrons. The van der Waals surface area contributed by atoms with Gasteiger partial charge in [0.2, 0.25) is 11.8 Å². The van der Waals surface area contributed by atoms with Crippen molar-refractivity contribution in [3.63, 3.8) is 0 Å². The number of nitrogens with one attached hydrogen (secondary N) is 4. The molecule has 2 aliphatic heterocycles. The highest BCUT2D eigenvalue weighted by molar-refractivity contribution is 6.07. The quantitative estimate of drug-likeness (QED) is 0.0418. The molecule has 3 aromatic rings. The third-order valence-corrected chi connectivity index (χ3v) is 11.9. The van der Waals surface area contributed by atoms with Gasteiger partial charge in [-0.05, 0) is 57.0 Å². The summed E-state index contributed by atoms with van der Waals surface area (Å²) < 4.78 is 33.5. The molecule has 0 spiro atoms. The number of nitrogens with zero attached hydrogens (tertiary/aromatic N) is 6. The van der Waals surface area contributed by atoms with Crippen LogP contribution >= 0.6 is 0 Å². The van der Waals surface area contributed by atoms with Crippen LogP contribution in [0.25, 0.3) is 10.9 Å². The molecule has 7 N–H and O–H groups in total. The molecule has 1 atom stereocenters. The van der Waals surface area contributed by atoms with Crippen molar-refractivity contribution in [2.24, 2.45) is 0 Å². The first kappa shape index (κ1) is 52.1. The first-order valence-electron chi connectivity index (χ1n) is 22.1. The maximum Gasteiger partial charge on any atom is 0.317 e. The Morgan fingerprint density at radius 1 is 0.868 bits per heavy atom. The van der Waals surface area contributed by atoms with Crippen LogP contribution < -0.4 is 36.9 Å².